The van der Waals surface area contributed by atoms with E-state index in [1.807, 2.05) is 36.6 Å². The van der Waals surface area contributed by atoms with Gasteiger partial charge in [0.1, 0.15) is 10.6 Å². The minimum absolute atomic E-state index is 0. The number of aliphatic hydroxyl groups is 1. The lowest BCUT2D eigenvalue weighted by Crippen LogP contribution is -2.31. The van der Waals surface area contributed by atoms with Gasteiger partial charge in [-0.25, -0.2) is 4.98 Å². The molecule has 138 valence electrons. The lowest BCUT2D eigenvalue weighted by atomic mass is 10.1. The van der Waals surface area contributed by atoms with Gasteiger partial charge in [-0.1, -0.05) is 12.1 Å². The van der Waals surface area contributed by atoms with Gasteiger partial charge in [-0.15, -0.1) is 23.7 Å². The number of rotatable bonds is 4. The summed E-state index contributed by atoms with van der Waals surface area (Å²) in [4.78, 5) is 18.2. The number of halogens is 1. The van der Waals surface area contributed by atoms with Gasteiger partial charge in [0, 0.05) is 24.0 Å². The minimum atomic E-state index is -0.579. The summed E-state index contributed by atoms with van der Waals surface area (Å²) >= 11 is 1.46. The fourth-order valence-corrected chi connectivity index (χ4v) is 4.13. The molecule has 1 aliphatic rings. The van der Waals surface area contributed by atoms with Gasteiger partial charge in [0.25, 0.3) is 5.56 Å². The summed E-state index contributed by atoms with van der Waals surface area (Å²) in [6.07, 6.45) is 0.966. The maximum Gasteiger partial charge on any atom is 0.263 e. The Labute approximate surface area is 160 Å². The number of aliphatic hydroxyl groups excluding tert-OH is 1. The molecule has 26 heavy (non-hydrogen) atoms. The van der Waals surface area contributed by atoms with Crippen LogP contribution in [0, 0.1) is 0 Å². The fraction of sp³-hybridized carbons (Fsp3) is 0.333. The molecule has 0 radical (unpaired) electrons. The van der Waals surface area contributed by atoms with E-state index in [1.54, 1.807) is 10.9 Å². The van der Waals surface area contributed by atoms with E-state index in [0.29, 0.717) is 29.9 Å². The van der Waals surface area contributed by atoms with E-state index in [2.05, 4.69) is 10.3 Å². The summed E-state index contributed by atoms with van der Waals surface area (Å²) < 4.78 is 7.03. The van der Waals surface area contributed by atoms with E-state index in [4.69, 9.17) is 4.74 Å². The van der Waals surface area contributed by atoms with Gasteiger partial charge in [-0.05, 0) is 24.6 Å². The monoisotopic (exact) mass is 393 g/mol. The summed E-state index contributed by atoms with van der Waals surface area (Å²) in [5.74, 6) is 0.807. The lowest BCUT2D eigenvalue weighted by molar-refractivity contribution is 0.149. The zero-order valence-corrected chi connectivity index (χ0v) is 15.8. The minimum Gasteiger partial charge on any atom is -0.494 e. The molecule has 0 bridgehead atoms. The Morgan fingerprint density at radius 3 is 2.77 bits per heavy atom. The number of thiophene rings is 1. The summed E-state index contributed by atoms with van der Waals surface area (Å²) in [7, 11) is 0. The SMILES string of the molecule is CCOc1ccc(-c2csc3ncn([C@@H]4CNC[C@H]4O)c(=O)c23)cc1.Cl. The Morgan fingerprint density at radius 1 is 1.35 bits per heavy atom. The highest BCUT2D eigenvalue weighted by Crippen LogP contribution is 2.32. The van der Waals surface area contributed by atoms with Crippen molar-refractivity contribution >= 4 is 34.0 Å². The van der Waals surface area contributed by atoms with Crippen LogP contribution >= 0.6 is 23.7 Å². The highest BCUT2D eigenvalue weighted by atomic mass is 35.5. The van der Waals surface area contributed by atoms with Crippen molar-refractivity contribution in [3.05, 3.63) is 46.3 Å². The largest absolute Gasteiger partial charge is 0.494 e. The molecule has 1 aromatic carbocycles. The lowest BCUT2D eigenvalue weighted by Gasteiger charge is -2.16. The number of benzene rings is 1. The molecule has 1 saturated heterocycles. The van der Waals surface area contributed by atoms with Crippen LogP contribution in [0.4, 0.5) is 0 Å². The van der Waals surface area contributed by atoms with Gasteiger partial charge in [0.05, 0.1) is 30.5 Å². The van der Waals surface area contributed by atoms with Gasteiger partial charge in [0.15, 0.2) is 0 Å². The fourth-order valence-electron chi connectivity index (χ4n) is 3.23. The van der Waals surface area contributed by atoms with Crippen molar-refractivity contribution < 1.29 is 9.84 Å². The predicted molar refractivity (Wildman–Crippen MR) is 106 cm³/mol. The second-order valence-electron chi connectivity index (χ2n) is 6.04. The molecule has 0 saturated carbocycles. The maximum atomic E-state index is 13.1. The molecule has 2 atom stereocenters. The standard InChI is InChI=1S/C18H19N3O3S.ClH/c1-2-24-12-5-3-11(4-6-12)13-9-25-17-16(13)18(23)21(10-20-17)14-7-19-8-15(14)22;/h3-6,9-10,14-15,19,22H,2,7-8H2,1H3;1H/t14-,15-;/m1./s1. The number of fused-ring (bicyclic) bond motifs is 1. The van der Waals surface area contributed by atoms with Crippen molar-refractivity contribution in [1.82, 2.24) is 14.9 Å². The first-order chi connectivity index (χ1) is 12.2. The van der Waals surface area contributed by atoms with Crippen LogP contribution in [0.2, 0.25) is 0 Å². The summed E-state index contributed by atoms with van der Waals surface area (Å²) in [6, 6.07) is 7.44. The first kappa shape index (κ1) is 18.8. The van der Waals surface area contributed by atoms with E-state index < -0.39 is 6.10 Å². The average Bonchev–Trinajstić information content (AvgIpc) is 3.23. The van der Waals surface area contributed by atoms with Crippen molar-refractivity contribution in [2.45, 2.75) is 19.1 Å². The van der Waals surface area contributed by atoms with Crippen LogP contribution in [0.5, 0.6) is 5.75 Å². The number of nitrogens with one attached hydrogen (secondary N) is 1. The van der Waals surface area contributed by atoms with Crippen LogP contribution in [-0.4, -0.2) is 40.5 Å². The van der Waals surface area contributed by atoms with E-state index in [0.717, 1.165) is 16.9 Å². The van der Waals surface area contributed by atoms with Crippen molar-refractivity contribution in [2.75, 3.05) is 19.7 Å². The highest BCUT2D eigenvalue weighted by Gasteiger charge is 2.28. The van der Waals surface area contributed by atoms with E-state index in [9.17, 15) is 9.90 Å². The smallest absolute Gasteiger partial charge is 0.263 e. The van der Waals surface area contributed by atoms with Gasteiger partial charge >= 0.3 is 0 Å². The second-order valence-corrected chi connectivity index (χ2v) is 6.89. The molecule has 0 amide bonds. The molecule has 2 aromatic heterocycles. The number of nitrogens with zero attached hydrogens (tertiary/aromatic N) is 2. The molecule has 3 heterocycles. The molecule has 3 aromatic rings. The summed E-state index contributed by atoms with van der Waals surface area (Å²) in [5, 5.41) is 15.8. The number of ether oxygens (including phenoxy) is 1. The molecular weight excluding hydrogens is 374 g/mol. The van der Waals surface area contributed by atoms with Crippen LogP contribution in [0.1, 0.15) is 13.0 Å². The van der Waals surface area contributed by atoms with E-state index in [-0.39, 0.29) is 24.0 Å². The van der Waals surface area contributed by atoms with Gasteiger partial charge in [-0.2, -0.15) is 0 Å². The molecule has 0 aliphatic carbocycles. The Kier molecular flexibility index (Phi) is 5.62. The predicted octanol–water partition coefficient (Wildman–Crippen LogP) is 2.45. The van der Waals surface area contributed by atoms with E-state index in [1.165, 1.54) is 11.3 Å². The van der Waals surface area contributed by atoms with Crippen LogP contribution in [-0.2, 0) is 0 Å². The van der Waals surface area contributed by atoms with Gasteiger partial charge < -0.3 is 15.2 Å². The van der Waals surface area contributed by atoms with Crippen molar-refractivity contribution in [3.63, 3.8) is 0 Å². The van der Waals surface area contributed by atoms with Crippen LogP contribution in [0.25, 0.3) is 21.3 Å². The number of aromatic nitrogens is 2. The highest BCUT2D eigenvalue weighted by molar-refractivity contribution is 7.17. The molecule has 0 unspecified atom stereocenters. The zero-order valence-electron chi connectivity index (χ0n) is 14.2. The topological polar surface area (TPSA) is 76.4 Å². The molecule has 0 spiro atoms. The summed E-state index contributed by atoms with van der Waals surface area (Å²) in [6.45, 7) is 3.62. The third-order valence-electron chi connectivity index (χ3n) is 4.50. The van der Waals surface area contributed by atoms with Crippen molar-refractivity contribution in [2.24, 2.45) is 0 Å². The van der Waals surface area contributed by atoms with Crippen molar-refractivity contribution in [1.29, 1.82) is 0 Å². The third-order valence-corrected chi connectivity index (χ3v) is 5.39. The third kappa shape index (κ3) is 3.23. The molecule has 6 nitrogen and oxygen atoms in total. The first-order valence-corrected chi connectivity index (χ1v) is 9.17. The van der Waals surface area contributed by atoms with Crippen LogP contribution < -0.4 is 15.6 Å². The zero-order chi connectivity index (χ0) is 17.4. The second kappa shape index (κ2) is 7.75. The number of β-amino-alcohol motifs (C(OH)–C–C–N with tert-alkyl or cyclic N) is 1. The molecule has 4 rings (SSSR count). The average molecular weight is 394 g/mol. The Bertz CT molecular complexity index is 954. The molecule has 2 N–H and O–H groups in total. The van der Waals surface area contributed by atoms with Crippen LogP contribution in [0.3, 0.4) is 0 Å². The van der Waals surface area contributed by atoms with Gasteiger partial charge in [-0.3, -0.25) is 9.36 Å². The molecule has 1 fully saturated rings. The number of hydrogen-bond acceptors (Lipinski definition) is 6. The van der Waals surface area contributed by atoms with Crippen LogP contribution in [0.15, 0.2) is 40.8 Å². The first-order valence-electron chi connectivity index (χ1n) is 8.29. The normalized spacial score (nSPS) is 19.5. The van der Waals surface area contributed by atoms with E-state index >= 15 is 0 Å². The number of hydrogen-bond donors (Lipinski definition) is 2. The maximum absolute atomic E-state index is 13.1. The molecule has 8 heteroatoms. The quantitative estimate of drug-likeness (QED) is 0.712. The molecular formula is C18H20ClN3O3S. The Hall–Kier alpha value is -1.93. The Morgan fingerprint density at radius 2 is 2.12 bits per heavy atom. The molecule has 1 aliphatic heterocycles. The summed E-state index contributed by atoms with van der Waals surface area (Å²) in [5.41, 5.74) is 1.72. The van der Waals surface area contributed by atoms with Crippen molar-refractivity contribution in [3.8, 4) is 16.9 Å². The Balaban J connectivity index is 0.00000196. The van der Waals surface area contributed by atoms with Gasteiger partial charge in [0.2, 0.25) is 0 Å².